The van der Waals surface area contributed by atoms with Gasteiger partial charge in [0, 0.05) is 10.7 Å². The van der Waals surface area contributed by atoms with Crippen LogP contribution in [0.2, 0.25) is 5.02 Å². The molecule has 1 N–H and O–H groups in total. The van der Waals surface area contributed by atoms with Gasteiger partial charge in [-0.05, 0) is 60.5 Å². The molecule has 0 aromatic heterocycles. The topological polar surface area (TPSA) is 58.6 Å². The Morgan fingerprint density at radius 2 is 1.53 bits per heavy atom. The molecule has 0 saturated heterocycles. The van der Waals surface area contributed by atoms with Gasteiger partial charge in [-0.2, -0.15) is 0 Å². The summed E-state index contributed by atoms with van der Waals surface area (Å²) >= 11 is 6.02. The molecule has 2 amide bonds. The summed E-state index contributed by atoms with van der Waals surface area (Å²) < 4.78 is 5.18. The fourth-order valence-corrected chi connectivity index (χ4v) is 3.47. The van der Waals surface area contributed by atoms with Crippen molar-refractivity contribution in [3.05, 3.63) is 94.6 Å². The quantitative estimate of drug-likeness (QED) is 0.589. The molecule has 0 unspecified atom stereocenters. The Morgan fingerprint density at radius 3 is 2.17 bits per heavy atom. The van der Waals surface area contributed by atoms with E-state index in [-0.39, 0.29) is 5.70 Å². The SMILES string of the molecule is COc1ccc(N2C(=O)C(Nc3ccccc3C)=C(c3ccc(Cl)cc3)C2=O)cc1. The van der Waals surface area contributed by atoms with Crippen LogP contribution >= 0.6 is 11.6 Å². The van der Waals surface area contributed by atoms with Crippen LogP contribution in [0.25, 0.3) is 5.57 Å². The van der Waals surface area contributed by atoms with Gasteiger partial charge < -0.3 is 10.1 Å². The van der Waals surface area contributed by atoms with Crippen LogP contribution in [0, 0.1) is 6.92 Å². The maximum Gasteiger partial charge on any atom is 0.282 e. The highest BCUT2D eigenvalue weighted by Gasteiger charge is 2.40. The molecule has 0 atom stereocenters. The van der Waals surface area contributed by atoms with Gasteiger partial charge in [0.1, 0.15) is 11.4 Å². The normalized spacial score (nSPS) is 13.8. The van der Waals surface area contributed by atoms with E-state index >= 15 is 0 Å². The average molecular weight is 419 g/mol. The number of methoxy groups -OCH3 is 1. The fourth-order valence-electron chi connectivity index (χ4n) is 3.34. The lowest BCUT2D eigenvalue weighted by atomic mass is 10.0. The molecule has 6 heteroatoms. The molecule has 1 heterocycles. The summed E-state index contributed by atoms with van der Waals surface area (Å²) in [4.78, 5) is 27.9. The number of carbonyl (C=O) groups is 2. The number of hydrogen-bond acceptors (Lipinski definition) is 4. The highest BCUT2D eigenvalue weighted by Crippen LogP contribution is 2.35. The molecule has 3 aromatic rings. The van der Waals surface area contributed by atoms with Crippen molar-refractivity contribution in [1.82, 2.24) is 0 Å². The number of aryl methyl sites for hydroxylation is 1. The number of imide groups is 1. The van der Waals surface area contributed by atoms with Gasteiger partial charge in [0.15, 0.2) is 0 Å². The first-order chi connectivity index (χ1) is 14.5. The number of amides is 2. The smallest absolute Gasteiger partial charge is 0.282 e. The second-order valence-corrected chi connectivity index (χ2v) is 7.28. The van der Waals surface area contributed by atoms with E-state index in [0.29, 0.717) is 27.6 Å². The van der Waals surface area contributed by atoms with Crippen molar-refractivity contribution >= 4 is 40.4 Å². The molecule has 150 valence electrons. The molecule has 0 aliphatic carbocycles. The zero-order valence-electron chi connectivity index (χ0n) is 16.5. The molecule has 5 nitrogen and oxygen atoms in total. The van der Waals surface area contributed by atoms with Crippen molar-refractivity contribution in [3.63, 3.8) is 0 Å². The fraction of sp³-hybridized carbons (Fsp3) is 0.0833. The monoisotopic (exact) mass is 418 g/mol. The highest BCUT2D eigenvalue weighted by molar-refractivity contribution is 6.46. The summed E-state index contributed by atoms with van der Waals surface area (Å²) in [6, 6.07) is 21.3. The highest BCUT2D eigenvalue weighted by atomic mass is 35.5. The predicted molar refractivity (Wildman–Crippen MR) is 119 cm³/mol. The Bertz CT molecular complexity index is 1150. The number of nitrogens with one attached hydrogen (secondary N) is 1. The minimum atomic E-state index is -0.418. The molecule has 0 bridgehead atoms. The van der Waals surface area contributed by atoms with E-state index in [1.807, 2.05) is 31.2 Å². The van der Waals surface area contributed by atoms with Crippen LogP contribution in [0.3, 0.4) is 0 Å². The summed E-state index contributed by atoms with van der Waals surface area (Å²) in [5.74, 6) is -0.177. The molecule has 0 radical (unpaired) electrons. The maximum atomic E-state index is 13.4. The molecular formula is C24H19ClN2O3. The van der Waals surface area contributed by atoms with Gasteiger partial charge in [0.05, 0.1) is 18.4 Å². The number of hydrogen-bond donors (Lipinski definition) is 1. The number of rotatable bonds is 5. The number of nitrogens with zero attached hydrogens (tertiary/aromatic N) is 1. The number of benzene rings is 3. The van der Waals surface area contributed by atoms with E-state index in [4.69, 9.17) is 16.3 Å². The second-order valence-electron chi connectivity index (χ2n) is 6.84. The largest absolute Gasteiger partial charge is 0.497 e. The van der Waals surface area contributed by atoms with Gasteiger partial charge in [0.25, 0.3) is 11.8 Å². The number of anilines is 2. The van der Waals surface area contributed by atoms with Gasteiger partial charge in [0.2, 0.25) is 0 Å². The molecular weight excluding hydrogens is 400 g/mol. The number of carbonyl (C=O) groups excluding carboxylic acids is 2. The summed E-state index contributed by atoms with van der Waals surface area (Å²) in [7, 11) is 1.56. The van der Waals surface area contributed by atoms with Crippen molar-refractivity contribution in [2.24, 2.45) is 0 Å². The van der Waals surface area contributed by atoms with Crippen LogP contribution in [-0.4, -0.2) is 18.9 Å². The minimum Gasteiger partial charge on any atom is -0.497 e. The third kappa shape index (κ3) is 3.55. The van der Waals surface area contributed by atoms with Crippen LogP contribution in [0.15, 0.2) is 78.5 Å². The lowest BCUT2D eigenvalue weighted by Crippen LogP contribution is -2.32. The Kier molecular flexibility index (Phi) is 5.29. The van der Waals surface area contributed by atoms with E-state index in [0.717, 1.165) is 11.3 Å². The Balaban J connectivity index is 1.81. The zero-order chi connectivity index (χ0) is 21.3. The standard InChI is InChI=1S/C24H19ClN2O3/c1-15-5-3-4-6-20(15)26-22-21(16-7-9-17(25)10-8-16)23(28)27(24(22)29)18-11-13-19(30-2)14-12-18/h3-14,26H,1-2H3. The van der Waals surface area contributed by atoms with E-state index in [9.17, 15) is 9.59 Å². The first kappa shape index (κ1) is 19.7. The van der Waals surface area contributed by atoms with Gasteiger partial charge in [-0.15, -0.1) is 0 Å². The number of para-hydroxylation sites is 1. The van der Waals surface area contributed by atoms with Crippen LogP contribution in [-0.2, 0) is 9.59 Å². The molecule has 4 rings (SSSR count). The van der Waals surface area contributed by atoms with Gasteiger partial charge >= 0.3 is 0 Å². The van der Waals surface area contributed by atoms with Crippen LogP contribution < -0.4 is 15.0 Å². The second kappa shape index (κ2) is 8.05. The molecule has 0 fully saturated rings. The average Bonchev–Trinajstić information content (AvgIpc) is 3.00. The van der Waals surface area contributed by atoms with Crippen molar-refractivity contribution in [1.29, 1.82) is 0 Å². The van der Waals surface area contributed by atoms with E-state index in [1.54, 1.807) is 55.6 Å². The molecule has 1 aliphatic heterocycles. The summed E-state index contributed by atoms with van der Waals surface area (Å²) in [5, 5.41) is 3.74. The Morgan fingerprint density at radius 1 is 0.867 bits per heavy atom. The van der Waals surface area contributed by atoms with Crippen LogP contribution in [0.4, 0.5) is 11.4 Å². The number of ether oxygens (including phenoxy) is 1. The molecule has 1 aliphatic rings. The summed E-state index contributed by atoms with van der Waals surface area (Å²) in [5.41, 5.74) is 3.34. The van der Waals surface area contributed by atoms with Gasteiger partial charge in [-0.3, -0.25) is 9.59 Å². The minimum absolute atomic E-state index is 0.229. The predicted octanol–water partition coefficient (Wildman–Crippen LogP) is 5.05. The Hall–Kier alpha value is -3.57. The lowest BCUT2D eigenvalue weighted by molar-refractivity contribution is -0.120. The Labute approximate surface area is 179 Å². The van der Waals surface area contributed by atoms with Gasteiger partial charge in [-0.1, -0.05) is 41.9 Å². The molecule has 3 aromatic carbocycles. The maximum absolute atomic E-state index is 13.4. The van der Waals surface area contributed by atoms with Crippen LogP contribution in [0.1, 0.15) is 11.1 Å². The number of halogens is 1. The van der Waals surface area contributed by atoms with Crippen molar-refractivity contribution < 1.29 is 14.3 Å². The third-order valence-electron chi connectivity index (χ3n) is 4.95. The van der Waals surface area contributed by atoms with Crippen molar-refractivity contribution in [2.75, 3.05) is 17.3 Å². The molecule has 0 spiro atoms. The van der Waals surface area contributed by atoms with Crippen LogP contribution in [0.5, 0.6) is 5.75 Å². The summed E-state index contributed by atoms with van der Waals surface area (Å²) in [6.45, 7) is 1.94. The third-order valence-corrected chi connectivity index (χ3v) is 5.20. The summed E-state index contributed by atoms with van der Waals surface area (Å²) in [6.07, 6.45) is 0. The van der Waals surface area contributed by atoms with E-state index in [2.05, 4.69) is 5.32 Å². The molecule has 0 saturated carbocycles. The first-order valence-corrected chi connectivity index (χ1v) is 9.73. The lowest BCUT2D eigenvalue weighted by Gasteiger charge is -2.16. The van der Waals surface area contributed by atoms with E-state index < -0.39 is 11.8 Å². The van der Waals surface area contributed by atoms with E-state index in [1.165, 1.54) is 4.90 Å². The molecule has 30 heavy (non-hydrogen) atoms. The zero-order valence-corrected chi connectivity index (χ0v) is 17.2. The van der Waals surface area contributed by atoms with Gasteiger partial charge in [-0.25, -0.2) is 4.90 Å². The first-order valence-electron chi connectivity index (χ1n) is 9.35. The van der Waals surface area contributed by atoms with Crippen molar-refractivity contribution in [3.8, 4) is 5.75 Å². The van der Waals surface area contributed by atoms with Crippen molar-refractivity contribution in [2.45, 2.75) is 6.92 Å².